The quantitative estimate of drug-likeness (QED) is 0.791. The van der Waals surface area contributed by atoms with Crippen LogP contribution in [0.25, 0.3) is 0 Å². The maximum atomic E-state index is 12.2. The summed E-state index contributed by atoms with van der Waals surface area (Å²) in [5.74, 6) is 0.234. The number of rotatable bonds is 5. The highest BCUT2D eigenvalue weighted by atomic mass is 16.2. The van der Waals surface area contributed by atoms with Gasteiger partial charge in [0.25, 0.3) is 0 Å². The number of nitrogens with zero attached hydrogens (tertiary/aromatic N) is 1. The number of hydrogen-bond donors (Lipinski definition) is 2. The molecule has 0 radical (unpaired) electrons. The van der Waals surface area contributed by atoms with Crippen LogP contribution in [-0.2, 0) is 9.59 Å². The number of likely N-dealkylation sites (tertiary alicyclic amines) is 1. The van der Waals surface area contributed by atoms with E-state index in [0.29, 0.717) is 19.0 Å². The lowest BCUT2D eigenvalue weighted by molar-refractivity contribution is -0.135. The zero-order chi connectivity index (χ0) is 14.4. The van der Waals surface area contributed by atoms with Crippen molar-refractivity contribution in [1.29, 1.82) is 0 Å². The molecule has 0 aromatic rings. The molecule has 114 valence electrons. The minimum Gasteiger partial charge on any atom is -0.354 e. The van der Waals surface area contributed by atoms with Crippen LogP contribution in [0, 0.1) is 0 Å². The van der Waals surface area contributed by atoms with Crippen LogP contribution >= 0.6 is 0 Å². The van der Waals surface area contributed by atoms with E-state index in [1.165, 1.54) is 6.42 Å². The molecule has 2 amide bonds. The monoisotopic (exact) mass is 281 g/mol. The first-order chi connectivity index (χ1) is 9.72. The van der Waals surface area contributed by atoms with Crippen molar-refractivity contribution in [2.45, 2.75) is 64.0 Å². The predicted molar refractivity (Wildman–Crippen MR) is 78.3 cm³/mol. The fraction of sp³-hybridized carbons (Fsp3) is 0.867. The molecule has 0 aromatic heterocycles. The average molecular weight is 281 g/mol. The lowest BCUT2D eigenvalue weighted by Gasteiger charge is -2.35. The molecule has 2 aliphatic heterocycles. The van der Waals surface area contributed by atoms with E-state index >= 15 is 0 Å². The Kier molecular flexibility index (Phi) is 5.83. The van der Waals surface area contributed by atoms with Gasteiger partial charge in [-0.2, -0.15) is 0 Å². The molecule has 0 aromatic carbocycles. The van der Waals surface area contributed by atoms with Crippen molar-refractivity contribution in [2.75, 3.05) is 19.6 Å². The molecule has 5 nitrogen and oxygen atoms in total. The lowest BCUT2D eigenvalue weighted by atomic mass is 9.99. The van der Waals surface area contributed by atoms with Crippen molar-refractivity contribution in [3.63, 3.8) is 0 Å². The summed E-state index contributed by atoms with van der Waals surface area (Å²) in [6, 6.07) is 0.354. The SMILES string of the molecule is CCC1CCCCN1C(=O)CCNC(=O)C1CCCN1. The van der Waals surface area contributed by atoms with Gasteiger partial charge in [0.05, 0.1) is 6.04 Å². The highest BCUT2D eigenvalue weighted by Gasteiger charge is 2.25. The number of nitrogens with one attached hydrogen (secondary N) is 2. The van der Waals surface area contributed by atoms with Gasteiger partial charge in [-0.05, 0) is 45.1 Å². The molecular weight excluding hydrogens is 254 g/mol. The molecule has 2 atom stereocenters. The zero-order valence-electron chi connectivity index (χ0n) is 12.5. The van der Waals surface area contributed by atoms with Gasteiger partial charge in [0.1, 0.15) is 0 Å². The summed E-state index contributed by atoms with van der Waals surface area (Å²) in [7, 11) is 0. The van der Waals surface area contributed by atoms with Gasteiger partial charge in [-0.3, -0.25) is 9.59 Å². The lowest BCUT2D eigenvalue weighted by Crippen LogP contribution is -2.45. The fourth-order valence-corrected chi connectivity index (χ4v) is 3.22. The maximum absolute atomic E-state index is 12.2. The zero-order valence-corrected chi connectivity index (χ0v) is 12.5. The summed E-state index contributed by atoms with van der Waals surface area (Å²) in [5.41, 5.74) is 0. The average Bonchev–Trinajstić information content (AvgIpc) is 3.01. The van der Waals surface area contributed by atoms with Crippen LogP contribution in [0.3, 0.4) is 0 Å². The Balaban J connectivity index is 1.69. The number of hydrogen-bond acceptors (Lipinski definition) is 3. The number of carbonyl (C=O) groups is 2. The first-order valence-electron chi connectivity index (χ1n) is 8.03. The molecule has 0 bridgehead atoms. The second-order valence-electron chi connectivity index (χ2n) is 5.83. The molecule has 20 heavy (non-hydrogen) atoms. The summed E-state index contributed by atoms with van der Waals surface area (Å²) >= 11 is 0. The minimum atomic E-state index is -0.0523. The summed E-state index contributed by atoms with van der Waals surface area (Å²) in [6.45, 7) is 4.41. The van der Waals surface area contributed by atoms with Crippen LogP contribution in [0.2, 0.25) is 0 Å². The summed E-state index contributed by atoms with van der Waals surface area (Å²) in [6.07, 6.45) is 6.89. The van der Waals surface area contributed by atoms with Gasteiger partial charge in [-0.15, -0.1) is 0 Å². The summed E-state index contributed by atoms with van der Waals surface area (Å²) < 4.78 is 0. The van der Waals surface area contributed by atoms with Crippen LogP contribution in [-0.4, -0.2) is 48.4 Å². The topological polar surface area (TPSA) is 61.4 Å². The second kappa shape index (κ2) is 7.62. The Bertz CT molecular complexity index is 340. The third kappa shape index (κ3) is 3.95. The molecule has 0 spiro atoms. The van der Waals surface area contributed by atoms with E-state index in [1.807, 2.05) is 4.90 Å². The molecule has 0 saturated carbocycles. The van der Waals surface area contributed by atoms with Crippen molar-refractivity contribution < 1.29 is 9.59 Å². The molecule has 5 heteroatoms. The Morgan fingerprint density at radius 2 is 2.10 bits per heavy atom. The molecule has 2 unspecified atom stereocenters. The van der Waals surface area contributed by atoms with Crippen LogP contribution in [0.4, 0.5) is 0 Å². The molecule has 2 saturated heterocycles. The van der Waals surface area contributed by atoms with Crippen LogP contribution in [0.1, 0.15) is 51.9 Å². The van der Waals surface area contributed by atoms with Gasteiger partial charge in [0.15, 0.2) is 0 Å². The highest BCUT2D eigenvalue weighted by Crippen LogP contribution is 2.20. The third-order valence-corrected chi connectivity index (χ3v) is 4.43. The van der Waals surface area contributed by atoms with E-state index in [9.17, 15) is 9.59 Å². The first-order valence-corrected chi connectivity index (χ1v) is 8.03. The molecule has 2 N–H and O–H groups in total. The maximum Gasteiger partial charge on any atom is 0.237 e. The molecule has 0 aliphatic carbocycles. The molecular formula is C15H27N3O2. The largest absolute Gasteiger partial charge is 0.354 e. The Morgan fingerprint density at radius 1 is 1.25 bits per heavy atom. The summed E-state index contributed by atoms with van der Waals surface area (Å²) in [4.78, 5) is 26.1. The van der Waals surface area contributed by atoms with Crippen molar-refractivity contribution in [3.05, 3.63) is 0 Å². The van der Waals surface area contributed by atoms with Crippen molar-refractivity contribution in [2.24, 2.45) is 0 Å². The van der Waals surface area contributed by atoms with Crippen LogP contribution in [0.15, 0.2) is 0 Å². The Hall–Kier alpha value is -1.10. The van der Waals surface area contributed by atoms with Gasteiger partial charge in [-0.25, -0.2) is 0 Å². The van der Waals surface area contributed by atoms with E-state index in [4.69, 9.17) is 0 Å². The van der Waals surface area contributed by atoms with Gasteiger partial charge in [0.2, 0.25) is 11.8 Å². The number of amides is 2. The van der Waals surface area contributed by atoms with Gasteiger partial charge < -0.3 is 15.5 Å². The van der Waals surface area contributed by atoms with E-state index in [1.54, 1.807) is 0 Å². The van der Waals surface area contributed by atoms with Crippen LogP contribution < -0.4 is 10.6 Å². The van der Waals surface area contributed by atoms with Crippen molar-refractivity contribution >= 4 is 11.8 Å². The second-order valence-corrected chi connectivity index (χ2v) is 5.83. The normalized spacial score (nSPS) is 26.6. The minimum absolute atomic E-state index is 0.0426. The molecule has 2 fully saturated rings. The number of carbonyl (C=O) groups excluding carboxylic acids is 2. The standard InChI is InChI=1S/C15H27N3O2/c1-2-12-6-3-4-11-18(12)14(19)8-10-17-15(20)13-7-5-9-16-13/h12-13,16H,2-11H2,1H3,(H,17,20). The molecule has 2 aliphatic rings. The Morgan fingerprint density at radius 3 is 2.80 bits per heavy atom. The van der Waals surface area contributed by atoms with Gasteiger partial charge in [-0.1, -0.05) is 6.92 Å². The predicted octanol–water partition coefficient (Wildman–Crippen LogP) is 1.04. The van der Waals surface area contributed by atoms with E-state index in [0.717, 1.165) is 45.2 Å². The van der Waals surface area contributed by atoms with E-state index in [2.05, 4.69) is 17.6 Å². The molecule has 2 rings (SSSR count). The van der Waals surface area contributed by atoms with Crippen molar-refractivity contribution in [3.8, 4) is 0 Å². The summed E-state index contributed by atoms with van der Waals surface area (Å²) in [5, 5.41) is 6.05. The Labute approximate surface area is 121 Å². The molecule has 2 heterocycles. The number of piperidine rings is 1. The fourth-order valence-electron chi connectivity index (χ4n) is 3.22. The van der Waals surface area contributed by atoms with Crippen LogP contribution in [0.5, 0.6) is 0 Å². The van der Waals surface area contributed by atoms with Gasteiger partial charge >= 0.3 is 0 Å². The smallest absolute Gasteiger partial charge is 0.237 e. The van der Waals surface area contributed by atoms with E-state index < -0.39 is 0 Å². The van der Waals surface area contributed by atoms with Gasteiger partial charge in [0, 0.05) is 25.6 Å². The van der Waals surface area contributed by atoms with E-state index in [-0.39, 0.29) is 17.9 Å². The first kappa shape index (κ1) is 15.3. The third-order valence-electron chi connectivity index (χ3n) is 4.43. The van der Waals surface area contributed by atoms with Crippen molar-refractivity contribution in [1.82, 2.24) is 15.5 Å². The highest BCUT2D eigenvalue weighted by molar-refractivity contribution is 5.83.